The van der Waals surface area contributed by atoms with Gasteiger partial charge >= 0.3 is 0 Å². The maximum atomic E-state index is 12.4. The highest BCUT2D eigenvalue weighted by Gasteiger charge is 2.29. The molecule has 0 spiro atoms. The molecule has 0 saturated heterocycles. The average molecular weight is 291 g/mol. The first-order valence-corrected chi connectivity index (χ1v) is 9.24. The van der Waals surface area contributed by atoms with E-state index in [4.69, 9.17) is 0 Å². The van der Waals surface area contributed by atoms with E-state index in [0.29, 0.717) is 11.8 Å². The van der Waals surface area contributed by atoms with Crippen molar-refractivity contribution in [1.82, 2.24) is 5.32 Å². The number of carbonyl (C=O) groups excluding carboxylic acids is 1. The van der Waals surface area contributed by atoms with E-state index in [1.54, 1.807) is 0 Å². The fraction of sp³-hybridized carbons (Fsp3) is 0.842. The van der Waals surface area contributed by atoms with Gasteiger partial charge in [-0.3, -0.25) is 4.79 Å². The maximum Gasteiger partial charge on any atom is 0.172 e. The molecule has 1 fully saturated rings. The molecule has 2 rings (SSSR count). The lowest BCUT2D eigenvalue weighted by atomic mass is 9.81. The molecule has 0 heterocycles. The molecule has 0 bridgehead atoms. The van der Waals surface area contributed by atoms with E-state index < -0.39 is 0 Å². The molecule has 2 nitrogen and oxygen atoms in total. The van der Waals surface area contributed by atoms with Crippen molar-refractivity contribution < 1.29 is 4.79 Å². The molecule has 2 unspecified atom stereocenters. The summed E-state index contributed by atoms with van der Waals surface area (Å²) in [6.07, 6.45) is 15.6. The molecule has 2 aliphatic carbocycles. The minimum atomic E-state index is 0.0871. The van der Waals surface area contributed by atoms with Gasteiger partial charge in [-0.2, -0.15) is 0 Å². The first-order chi connectivity index (χ1) is 10.2. The first kappa shape index (κ1) is 16.7. The van der Waals surface area contributed by atoms with Gasteiger partial charge in [-0.05, 0) is 50.5 Å². The van der Waals surface area contributed by atoms with Gasteiger partial charge in [-0.15, -0.1) is 0 Å². The van der Waals surface area contributed by atoms with E-state index >= 15 is 0 Å². The summed E-state index contributed by atoms with van der Waals surface area (Å²) in [4.78, 5) is 12.4. The minimum absolute atomic E-state index is 0.0871. The van der Waals surface area contributed by atoms with E-state index in [9.17, 15) is 4.79 Å². The van der Waals surface area contributed by atoms with Crippen LogP contribution in [-0.4, -0.2) is 17.9 Å². The molecule has 2 heteroatoms. The van der Waals surface area contributed by atoms with Gasteiger partial charge in [-0.25, -0.2) is 0 Å². The minimum Gasteiger partial charge on any atom is -0.304 e. The predicted molar refractivity (Wildman–Crippen MR) is 89.4 cm³/mol. The van der Waals surface area contributed by atoms with Gasteiger partial charge in [0.15, 0.2) is 5.78 Å². The van der Waals surface area contributed by atoms with Crippen LogP contribution in [0.4, 0.5) is 0 Å². The van der Waals surface area contributed by atoms with Crippen LogP contribution in [0.1, 0.15) is 84.5 Å². The second-order valence-corrected chi connectivity index (χ2v) is 7.01. The molecule has 0 aliphatic heterocycles. The normalized spacial score (nSPS) is 25.7. The molecule has 0 aromatic carbocycles. The number of ketones is 1. The molecule has 0 radical (unpaired) electrons. The summed E-state index contributed by atoms with van der Waals surface area (Å²) in [5.41, 5.74) is 1.37. The monoisotopic (exact) mass is 291 g/mol. The molecule has 120 valence electrons. The standard InChI is InChI=1S/C19H33NO/c1-3-8-15-12-13-18(19(21)14-15)20-17(9-4-2)16-10-6-5-7-11-16/h14,16-18,20H,3-13H2,1-2H3. The van der Waals surface area contributed by atoms with Crippen LogP contribution in [0.15, 0.2) is 11.6 Å². The van der Waals surface area contributed by atoms with Gasteiger partial charge < -0.3 is 5.32 Å². The van der Waals surface area contributed by atoms with Gasteiger partial charge in [0, 0.05) is 6.04 Å². The predicted octanol–water partition coefficient (Wildman–Crippen LogP) is 4.78. The summed E-state index contributed by atoms with van der Waals surface area (Å²) in [6.45, 7) is 4.45. The van der Waals surface area contributed by atoms with E-state index in [1.165, 1.54) is 50.5 Å². The Hall–Kier alpha value is -0.630. The molecule has 0 aromatic heterocycles. The molecule has 1 saturated carbocycles. The van der Waals surface area contributed by atoms with E-state index in [2.05, 4.69) is 19.2 Å². The summed E-state index contributed by atoms with van der Waals surface area (Å²) < 4.78 is 0. The van der Waals surface area contributed by atoms with Crippen molar-refractivity contribution in [2.45, 2.75) is 96.6 Å². The van der Waals surface area contributed by atoms with Crippen molar-refractivity contribution in [3.63, 3.8) is 0 Å². The number of hydrogen-bond acceptors (Lipinski definition) is 2. The van der Waals surface area contributed by atoms with Gasteiger partial charge in [0.25, 0.3) is 0 Å². The smallest absolute Gasteiger partial charge is 0.172 e. The third kappa shape index (κ3) is 4.95. The zero-order valence-corrected chi connectivity index (χ0v) is 14.0. The lowest BCUT2D eigenvalue weighted by Crippen LogP contribution is -2.47. The SMILES string of the molecule is CCCC1=CC(=O)C(NC(CCC)C2CCCCC2)CC1. The largest absolute Gasteiger partial charge is 0.304 e. The third-order valence-electron chi connectivity index (χ3n) is 5.25. The Morgan fingerprint density at radius 3 is 2.52 bits per heavy atom. The van der Waals surface area contributed by atoms with Crippen molar-refractivity contribution in [1.29, 1.82) is 0 Å². The van der Waals surface area contributed by atoms with Crippen LogP contribution in [0.2, 0.25) is 0 Å². The van der Waals surface area contributed by atoms with Crippen molar-refractivity contribution in [3.05, 3.63) is 11.6 Å². The fourth-order valence-electron chi connectivity index (χ4n) is 4.09. The summed E-state index contributed by atoms with van der Waals surface area (Å²) in [6, 6.07) is 0.648. The number of nitrogens with one attached hydrogen (secondary N) is 1. The molecule has 0 amide bonds. The number of hydrogen-bond donors (Lipinski definition) is 1. The maximum absolute atomic E-state index is 12.4. The number of carbonyl (C=O) groups is 1. The highest BCUT2D eigenvalue weighted by atomic mass is 16.1. The summed E-state index contributed by atoms with van der Waals surface area (Å²) in [7, 11) is 0. The van der Waals surface area contributed by atoms with Crippen LogP contribution in [0.25, 0.3) is 0 Å². The highest BCUT2D eigenvalue weighted by Crippen LogP contribution is 2.29. The summed E-state index contributed by atoms with van der Waals surface area (Å²) in [5, 5.41) is 3.74. The van der Waals surface area contributed by atoms with Crippen LogP contribution in [-0.2, 0) is 4.79 Å². The van der Waals surface area contributed by atoms with Crippen molar-refractivity contribution in [2.24, 2.45) is 5.92 Å². The zero-order chi connectivity index (χ0) is 15.1. The Labute approximate surface area is 130 Å². The van der Waals surface area contributed by atoms with Crippen molar-refractivity contribution >= 4 is 5.78 Å². The van der Waals surface area contributed by atoms with Crippen LogP contribution in [0, 0.1) is 5.92 Å². The first-order valence-electron chi connectivity index (χ1n) is 9.24. The quantitative estimate of drug-likeness (QED) is 0.731. The number of allylic oxidation sites excluding steroid dienone is 1. The molecular weight excluding hydrogens is 258 g/mol. The van der Waals surface area contributed by atoms with Gasteiger partial charge in [-0.1, -0.05) is 51.5 Å². The lowest BCUT2D eigenvalue weighted by molar-refractivity contribution is -0.117. The van der Waals surface area contributed by atoms with E-state index in [0.717, 1.165) is 31.6 Å². The topological polar surface area (TPSA) is 29.1 Å². The molecule has 1 N–H and O–H groups in total. The Bertz CT molecular complexity index is 355. The lowest BCUT2D eigenvalue weighted by Gasteiger charge is -2.34. The van der Waals surface area contributed by atoms with E-state index in [-0.39, 0.29) is 6.04 Å². The Morgan fingerprint density at radius 2 is 1.90 bits per heavy atom. The fourth-order valence-corrected chi connectivity index (χ4v) is 4.09. The molecule has 2 aliphatic rings. The summed E-state index contributed by atoms with van der Waals surface area (Å²) in [5.74, 6) is 1.13. The third-order valence-corrected chi connectivity index (χ3v) is 5.25. The Kier molecular flexibility index (Phi) is 6.95. The molecular formula is C19H33NO. The second-order valence-electron chi connectivity index (χ2n) is 7.01. The van der Waals surface area contributed by atoms with Crippen molar-refractivity contribution in [2.75, 3.05) is 0 Å². The van der Waals surface area contributed by atoms with Crippen LogP contribution in [0.3, 0.4) is 0 Å². The molecule has 2 atom stereocenters. The number of rotatable bonds is 7. The van der Waals surface area contributed by atoms with Crippen LogP contribution < -0.4 is 5.32 Å². The average Bonchev–Trinajstić information content (AvgIpc) is 2.50. The Balaban J connectivity index is 1.92. The molecule has 21 heavy (non-hydrogen) atoms. The van der Waals surface area contributed by atoms with Crippen LogP contribution in [0.5, 0.6) is 0 Å². The van der Waals surface area contributed by atoms with Gasteiger partial charge in [0.2, 0.25) is 0 Å². The van der Waals surface area contributed by atoms with Gasteiger partial charge in [0.1, 0.15) is 0 Å². The highest BCUT2D eigenvalue weighted by molar-refractivity contribution is 5.95. The summed E-state index contributed by atoms with van der Waals surface area (Å²) >= 11 is 0. The zero-order valence-electron chi connectivity index (χ0n) is 14.0. The second kappa shape index (κ2) is 8.73. The van der Waals surface area contributed by atoms with Gasteiger partial charge in [0.05, 0.1) is 6.04 Å². The molecule has 0 aromatic rings. The Morgan fingerprint density at radius 1 is 1.14 bits per heavy atom. The van der Waals surface area contributed by atoms with E-state index in [1.807, 2.05) is 6.08 Å². The van der Waals surface area contributed by atoms with Crippen LogP contribution >= 0.6 is 0 Å². The van der Waals surface area contributed by atoms with Crippen molar-refractivity contribution in [3.8, 4) is 0 Å².